The first-order chi connectivity index (χ1) is 8.73. The van der Waals surface area contributed by atoms with Gasteiger partial charge in [0.1, 0.15) is 11.4 Å². The van der Waals surface area contributed by atoms with Crippen molar-refractivity contribution in [1.29, 1.82) is 0 Å². The molecular weight excluding hydrogens is 312 g/mol. The third kappa shape index (κ3) is 5.03. The molecule has 0 amide bonds. The summed E-state index contributed by atoms with van der Waals surface area (Å²) in [4.78, 5) is 23.0. The number of carbonyl (C=O) groups excluding carboxylic acids is 2. The third-order valence-corrected chi connectivity index (χ3v) is 2.71. The minimum absolute atomic E-state index is 0.332. The summed E-state index contributed by atoms with van der Waals surface area (Å²) in [6.45, 7) is 6.71. The molecule has 0 atom stereocenters. The van der Waals surface area contributed by atoms with Crippen LogP contribution in [0.15, 0.2) is 18.2 Å². The first-order valence-corrected chi connectivity index (χ1v) is 6.96. The van der Waals surface area contributed by atoms with Crippen molar-refractivity contribution >= 4 is 27.9 Å². The fraction of sp³-hybridized carbons (Fsp3) is 0.429. The SMILES string of the molecule is CC(=O)Oc1ccc(CBr)c(C(=O)OC(C)(C)C)c1. The Morgan fingerprint density at radius 3 is 2.37 bits per heavy atom. The maximum atomic E-state index is 12.1. The molecule has 0 saturated heterocycles. The molecule has 5 heteroatoms. The molecular formula is C14H17BrO4. The van der Waals surface area contributed by atoms with Crippen molar-refractivity contribution < 1.29 is 19.1 Å². The molecule has 0 radical (unpaired) electrons. The van der Waals surface area contributed by atoms with E-state index in [0.29, 0.717) is 16.6 Å². The molecule has 1 aromatic rings. The summed E-state index contributed by atoms with van der Waals surface area (Å²) in [5, 5.41) is 0.516. The van der Waals surface area contributed by atoms with Crippen LogP contribution in [0.1, 0.15) is 43.6 Å². The molecule has 19 heavy (non-hydrogen) atoms. The molecule has 0 heterocycles. The van der Waals surface area contributed by atoms with Gasteiger partial charge in [0.15, 0.2) is 0 Å². The predicted octanol–water partition coefficient (Wildman–Crippen LogP) is 3.46. The lowest BCUT2D eigenvalue weighted by Crippen LogP contribution is -2.24. The first-order valence-electron chi connectivity index (χ1n) is 5.83. The van der Waals surface area contributed by atoms with Gasteiger partial charge in [0.05, 0.1) is 5.56 Å². The molecule has 4 nitrogen and oxygen atoms in total. The van der Waals surface area contributed by atoms with Gasteiger partial charge in [0.25, 0.3) is 0 Å². The van der Waals surface area contributed by atoms with Crippen molar-refractivity contribution in [3.63, 3.8) is 0 Å². The molecule has 0 aliphatic rings. The number of hydrogen-bond acceptors (Lipinski definition) is 4. The molecule has 0 N–H and O–H groups in total. The summed E-state index contributed by atoms with van der Waals surface area (Å²) in [7, 11) is 0. The minimum Gasteiger partial charge on any atom is -0.456 e. The Bertz CT molecular complexity index is 489. The van der Waals surface area contributed by atoms with Crippen molar-refractivity contribution in [3.05, 3.63) is 29.3 Å². The molecule has 0 spiro atoms. The summed E-state index contributed by atoms with van der Waals surface area (Å²) in [6, 6.07) is 4.89. The Balaban J connectivity index is 3.08. The van der Waals surface area contributed by atoms with Gasteiger partial charge in [-0.05, 0) is 38.5 Å². The van der Waals surface area contributed by atoms with Crippen LogP contribution in [0.3, 0.4) is 0 Å². The summed E-state index contributed by atoms with van der Waals surface area (Å²) in [5.74, 6) is -0.532. The Morgan fingerprint density at radius 1 is 1.26 bits per heavy atom. The summed E-state index contributed by atoms with van der Waals surface area (Å²) >= 11 is 3.32. The highest BCUT2D eigenvalue weighted by atomic mass is 79.9. The van der Waals surface area contributed by atoms with Crippen molar-refractivity contribution in [1.82, 2.24) is 0 Å². The number of rotatable bonds is 3. The van der Waals surface area contributed by atoms with E-state index >= 15 is 0 Å². The topological polar surface area (TPSA) is 52.6 Å². The van der Waals surface area contributed by atoms with E-state index in [1.807, 2.05) is 0 Å². The number of hydrogen-bond donors (Lipinski definition) is 0. The standard InChI is InChI=1S/C14H17BrO4/c1-9(16)18-11-6-5-10(8-15)12(7-11)13(17)19-14(2,3)4/h5-7H,8H2,1-4H3. The number of benzene rings is 1. The first kappa shape index (κ1) is 15.7. The smallest absolute Gasteiger partial charge is 0.339 e. The highest BCUT2D eigenvalue weighted by Gasteiger charge is 2.20. The second-order valence-corrected chi connectivity index (χ2v) is 5.61. The van der Waals surface area contributed by atoms with Crippen LogP contribution in [0, 0.1) is 0 Å². The van der Waals surface area contributed by atoms with Crippen molar-refractivity contribution in [2.75, 3.05) is 0 Å². The highest BCUT2D eigenvalue weighted by molar-refractivity contribution is 9.08. The van der Waals surface area contributed by atoms with E-state index in [4.69, 9.17) is 9.47 Å². The zero-order valence-electron chi connectivity index (χ0n) is 11.5. The van der Waals surface area contributed by atoms with Gasteiger partial charge in [0, 0.05) is 12.3 Å². The number of alkyl halides is 1. The zero-order valence-corrected chi connectivity index (χ0v) is 13.0. The number of ether oxygens (including phenoxy) is 2. The van der Waals surface area contributed by atoms with E-state index in [9.17, 15) is 9.59 Å². The zero-order chi connectivity index (χ0) is 14.6. The highest BCUT2D eigenvalue weighted by Crippen LogP contribution is 2.23. The van der Waals surface area contributed by atoms with Gasteiger partial charge >= 0.3 is 11.9 Å². The molecule has 0 aromatic heterocycles. The molecule has 0 aliphatic heterocycles. The second kappa shape index (κ2) is 6.19. The third-order valence-electron chi connectivity index (χ3n) is 2.11. The van der Waals surface area contributed by atoms with Crippen molar-refractivity contribution in [2.45, 2.75) is 38.6 Å². The predicted molar refractivity (Wildman–Crippen MR) is 75.6 cm³/mol. The molecule has 1 aromatic carbocycles. The van der Waals surface area contributed by atoms with Gasteiger partial charge in [0.2, 0.25) is 0 Å². The lowest BCUT2D eigenvalue weighted by molar-refractivity contribution is -0.131. The fourth-order valence-electron chi connectivity index (χ4n) is 1.42. The van der Waals surface area contributed by atoms with E-state index in [2.05, 4.69) is 15.9 Å². The Labute approximate surface area is 121 Å². The molecule has 0 aliphatic carbocycles. The number of carbonyl (C=O) groups is 2. The molecule has 1 rings (SSSR count). The van der Waals surface area contributed by atoms with Gasteiger partial charge in [-0.3, -0.25) is 4.79 Å². The van der Waals surface area contributed by atoms with Gasteiger partial charge in [-0.25, -0.2) is 4.79 Å². The maximum absolute atomic E-state index is 12.1. The minimum atomic E-state index is -0.571. The van der Waals surface area contributed by atoms with Gasteiger partial charge in [-0.15, -0.1) is 0 Å². The van der Waals surface area contributed by atoms with E-state index in [1.54, 1.807) is 32.9 Å². The summed E-state index contributed by atoms with van der Waals surface area (Å²) < 4.78 is 10.3. The van der Waals surface area contributed by atoms with Crippen LogP contribution >= 0.6 is 15.9 Å². The summed E-state index contributed by atoms with van der Waals surface area (Å²) in [6.07, 6.45) is 0. The lowest BCUT2D eigenvalue weighted by Gasteiger charge is -2.20. The number of esters is 2. The monoisotopic (exact) mass is 328 g/mol. The number of halogens is 1. The average Bonchev–Trinajstić information content (AvgIpc) is 2.25. The van der Waals surface area contributed by atoms with E-state index in [-0.39, 0.29) is 0 Å². The Kier molecular flexibility index (Phi) is 5.11. The van der Waals surface area contributed by atoms with Gasteiger partial charge < -0.3 is 9.47 Å². The quantitative estimate of drug-likeness (QED) is 0.484. The molecule has 0 bridgehead atoms. The Morgan fingerprint density at radius 2 is 1.89 bits per heavy atom. The second-order valence-electron chi connectivity index (χ2n) is 5.05. The van der Waals surface area contributed by atoms with E-state index < -0.39 is 17.5 Å². The largest absolute Gasteiger partial charge is 0.456 e. The van der Waals surface area contributed by atoms with Crippen LogP contribution < -0.4 is 4.74 Å². The van der Waals surface area contributed by atoms with Crippen molar-refractivity contribution in [2.24, 2.45) is 0 Å². The lowest BCUT2D eigenvalue weighted by atomic mass is 10.1. The average molecular weight is 329 g/mol. The van der Waals surface area contributed by atoms with Crippen LogP contribution in [0.5, 0.6) is 5.75 Å². The Hall–Kier alpha value is -1.36. The van der Waals surface area contributed by atoms with Crippen LogP contribution in [0.2, 0.25) is 0 Å². The van der Waals surface area contributed by atoms with Crippen LogP contribution in [0.4, 0.5) is 0 Å². The van der Waals surface area contributed by atoms with Crippen LogP contribution in [-0.2, 0) is 14.9 Å². The fourth-order valence-corrected chi connectivity index (χ4v) is 1.91. The van der Waals surface area contributed by atoms with Crippen LogP contribution in [-0.4, -0.2) is 17.5 Å². The molecule has 0 unspecified atom stereocenters. The molecule has 104 valence electrons. The molecule has 0 fully saturated rings. The van der Waals surface area contributed by atoms with Gasteiger partial charge in [-0.2, -0.15) is 0 Å². The summed E-state index contributed by atoms with van der Waals surface area (Å²) in [5.41, 5.74) is 0.605. The van der Waals surface area contributed by atoms with Crippen LogP contribution in [0.25, 0.3) is 0 Å². The maximum Gasteiger partial charge on any atom is 0.339 e. The van der Waals surface area contributed by atoms with E-state index in [1.165, 1.54) is 13.0 Å². The van der Waals surface area contributed by atoms with Crippen molar-refractivity contribution in [3.8, 4) is 5.75 Å². The molecule has 0 saturated carbocycles. The van der Waals surface area contributed by atoms with Gasteiger partial charge in [-0.1, -0.05) is 22.0 Å². The normalized spacial score (nSPS) is 11.0. The van der Waals surface area contributed by atoms with E-state index in [0.717, 1.165) is 5.56 Å².